The number of benzene rings is 2. The molecule has 1 aromatic heterocycles. The van der Waals surface area contributed by atoms with Crippen LogP contribution in [0.25, 0.3) is 5.69 Å². The molecule has 0 unspecified atom stereocenters. The number of aliphatic hydroxyl groups is 1. The highest BCUT2D eigenvalue weighted by Gasteiger charge is 2.37. The third kappa shape index (κ3) is 4.18. The summed E-state index contributed by atoms with van der Waals surface area (Å²) in [5, 5.41) is 15.5. The van der Waals surface area contributed by atoms with E-state index in [-0.39, 0.29) is 11.8 Å². The molecule has 1 fully saturated rings. The lowest BCUT2D eigenvalue weighted by molar-refractivity contribution is -0.119. The first-order valence-corrected chi connectivity index (χ1v) is 12.0. The fourth-order valence-electron chi connectivity index (χ4n) is 4.90. The maximum atomic E-state index is 13.8. The minimum Gasteiger partial charge on any atom is -0.497 e. The molecular formula is C27H30N4O4. The highest BCUT2D eigenvalue weighted by atomic mass is 16.5. The molecule has 5 rings (SSSR count). The first-order chi connectivity index (χ1) is 16.8. The second kappa shape index (κ2) is 8.85. The molecule has 2 aliphatic rings. The molecule has 2 amide bonds. The zero-order chi connectivity index (χ0) is 24.7. The van der Waals surface area contributed by atoms with E-state index in [0.29, 0.717) is 42.2 Å². The maximum absolute atomic E-state index is 13.8. The standard InChI is InChI=1S/C27H30N4O4/c1-27(2,34)25-22-15-17-30(19-9-7-18(8-10-19)29-16-5-4-6-23(29)32)26(33)24(22)31(28-25)20-11-13-21(35-3)14-12-20/h7-14,34H,4-6,15-17H2,1-3H3. The molecule has 2 aromatic carbocycles. The fraction of sp³-hybridized carbons (Fsp3) is 0.370. The number of rotatable bonds is 5. The van der Waals surface area contributed by atoms with Crippen LogP contribution in [0.2, 0.25) is 0 Å². The van der Waals surface area contributed by atoms with E-state index in [0.717, 1.165) is 36.3 Å². The Morgan fingerprint density at radius 3 is 2.09 bits per heavy atom. The molecule has 1 N–H and O–H groups in total. The van der Waals surface area contributed by atoms with Crippen LogP contribution in [0.5, 0.6) is 5.75 Å². The summed E-state index contributed by atoms with van der Waals surface area (Å²) in [4.78, 5) is 29.7. The largest absolute Gasteiger partial charge is 0.497 e. The normalized spacial score (nSPS) is 16.5. The molecule has 0 radical (unpaired) electrons. The van der Waals surface area contributed by atoms with Crippen LogP contribution in [-0.2, 0) is 16.8 Å². The molecular weight excluding hydrogens is 444 g/mol. The maximum Gasteiger partial charge on any atom is 0.277 e. The van der Waals surface area contributed by atoms with Crippen LogP contribution < -0.4 is 14.5 Å². The second-order valence-corrected chi connectivity index (χ2v) is 9.57. The molecule has 8 nitrogen and oxygen atoms in total. The van der Waals surface area contributed by atoms with E-state index < -0.39 is 5.60 Å². The molecule has 2 aliphatic heterocycles. The van der Waals surface area contributed by atoms with E-state index in [1.807, 2.05) is 53.4 Å². The molecule has 0 bridgehead atoms. The summed E-state index contributed by atoms with van der Waals surface area (Å²) in [6.07, 6.45) is 3.09. The average molecular weight is 475 g/mol. The van der Waals surface area contributed by atoms with Crippen LogP contribution in [0.15, 0.2) is 48.5 Å². The zero-order valence-electron chi connectivity index (χ0n) is 20.3. The fourth-order valence-corrected chi connectivity index (χ4v) is 4.90. The van der Waals surface area contributed by atoms with Crippen LogP contribution in [0.4, 0.5) is 11.4 Å². The second-order valence-electron chi connectivity index (χ2n) is 9.57. The Morgan fingerprint density at radius 2 is 1.49 bits per heavy atom. The van der Waals surface area contributed by atoms with Gasteiger partial charge in [0.2, 0.25) is 5.91 Å². The Morgan fingerprint density at radius 1 is 0.857 bits per heavy atom. The number of carbonyl (C=O) groups is 2. The van der Waals surface area contributed by atoms with Crippen molar-refractivity contribution < 1.29 is 19.4 Å². The number of amides is 2. The van der Waals surface area contributed by atoms with Crippen molar-refractivity contribution in [1.29, 1.82) is 0 Å². The van der Waals surface area contributed by atoms with Gasteiger partial charge < -0.3 is 19.6 Å². The van der Waals surface area contributed by atoms with Gasteiger partial charge in [0.15, 0.2) is 0 Å². The number of hydrogen-bond donors (Lipinski definition) is 1. The summed E-state index contributed by atoms with van der Waals surface area (Å²) in [5.74, 6) is 0.676. The highest BCUT2D eigenvalue weighted by Crippen LogP contribution is 2.34. The summed E-state index contributed by atoms with van der Waals surface area (Å²) in [6.45, 7) is 4.58. The zero-order valence-corrected chi connectivity index (χ0v) is 20.3. The van der Waals surface area contributed by atoms with Gasteiger partial charge in [0.05, 0.1) is 18.5 Å². The van der Waals surface area contributed by atoms with Gasteiger partial charge in [0.1, 0.15) is 17.0 Å². The summed E-state index contributed by atoms with van der Waals surface area (Å²) >= 11 is 0. The molecule has 1 saturated heterocycles. The van der Waals surface area contributed by atoms with Crippen molar-refractivity contribution in [3.63, 3.8) is 0 Å². The monoisotopic (exact) mass is 474 g/mol. The van der Waals surface area contributed by atoms with E-state index in [2.05, 4.69) is 5.10 Å². The number of nitrogens with zero attached hydrogens (tertiary/aromatic N) is 4. The SMILES string of the molecule is COc1ccc(-n2nc(C(C)(C)O)c3c2C(=O)N(c2ccc(N4CCCCC4=O)cc2)CC3)cc1. The van der Waals surface area contributed by atoms with Crippen molar-refractivity contribution in [3.05, 3.63) is 65.5 Å². The van der Waals surface area contributed by atoms with Gasteiger partial charge in [-0.3, -0.25) is 9.59 Å². The van der Waals surface area contributed by atoms with Crippen molar-refractivity contribution >= 4 is 23.2 Å². The predicted molar refractivity (Wildman–Crippen MR) is 133 cm³/mol. The number of piperidine rings is 1. The van der Waals surface area contributed by atoms with Crippen LogP contribution in [0.3, 0.4) is 0 Å². The number of methoxy groups -OCH3 is 1. The number of carbonyl (C=O) groups excluding carboxylic acids is 2. The average Bonchev–Trinajstić information content (AvgIpc) is 3.26. The topological polar surface area (TPSA) is 87.9 Å². The van der Waals surface area contributed by atoms with Crippen molar-refractivity contribution in [2.45, 2.75) is 45.1 Å². The first-order valence-electron chi connectivity index (χ1n) is 12.0. The van der Waals surface area contributed by atoms with Gasteiger partial charge in [-0.25, -0.2) is 4.68 Å². The summed E-state index contributed by atoms with van der Waals surface area (Å²) < 4.78 is 6.89. The molecule has 0 atom stereocenters. The highest BCUT2D eigenvalue weighted by molar-refractivity contribution is 6.08. The van der Waals surface area contributed by atoms with Crippen molar-refractivity contribution in [1.82, 2.24) is 9.78 Å². The van der Waals surface area contributed by atoms with E-state index >= 15 is 0 Å². The lowest BCUT2D eigenvalue weighted by Gasteiger charge is -2.30. The Kier molecular flexibility index (Phi) is 5.84. The van der Waals surface area contributed by atoms with Gasteiger partial charge in [0.25, 0.3) is 5.91 Å². The van der Waals surface area contributed by atoms with Crippen LogP contribution in [0.1, 0.15) is 54.9 Å². The van der Waals surface area contributed by atoms with E-state index in [4.69, 9.17) is 4.74 Å². The van der Waals surface area contributed by atoms with Crippen LogP contribution in [-0.4, -0.2) is 46.9 Å². The Hall–Kier alpha value is -3.65. The number of ether oxygens (including phenoxy) is 1. The molecule has 0 saturated carbocycles. The third-order valence-corrected chi connectivity index (χ3v) is 6.71. The number of anilines is 2. The van der Waals surface area contributed by atoms with Crippen LogP contribution in [0, 0.1) is 0 Å². The number of aromatic nitrogens is 2. The Balaban J connectivity index is 1.51. The van der Waals surface area contributed by atoms with Crippen molar-refractivity contribution in [3.8, 4) is 11.4 Å². The van der Waals surface area contributed by atoms with Crippen molar-refractivity contribution in [2.75, 3.05) is 30.0 Å². The third-order valence-electron chi connectivity index (χ3n) is 6.71. The lowest BCUT2D eigenvalue weighted by atomic mass is 9.94. The molecule has 0 spiro atoms. The lowest BCUT2D eigenvalue weighted by Crippen LogP contribution is -2.39. The summed E-state index contributed by atoms with van der Waals surface area (Å²) in [6, 6.07) is 14.9. The minimum absolute atomic E-state index is 0.144. The first kappa shape index (κ1) is 23.1. The van der Waals surface area contributed by atoms with Gasteiger partial charge in [-0.1, -0.05) is 0 Å². The number of hydrogen-bond acceptors (Lipinski definition) is 5. The minimum atomic E-state index is -1.19. The molecule has 0 aliphatic carbocycles. The van der Waals surface area contributed by atoms with Gasteiger partial charge in [-0.05, 0) is 81.6 Å². The van der Waals surface area contributed by atoms with Gasteiger partial charge >= 0.3 is 0 Å². The van der Waals surface area contributed by atoms with Gasteiger partial charge in [-0.2, -0.15) is 5.10 Å². The molecule has 182 valence electrons. The predicted octanol–water partition coefficient (Wildman–Crippen LogP) is 3.83. The van der Waals surface area contributed by atoms with Gasteiger partial charge in [-0.15, -0.1) is 0 Å². The Labute approximate surface area is 204 Å². The van der Waals surface area contributed by atoms with Gasteiger partial charge in [0, 0.05) is 36.4 Å². The number of fused-ring (bicyclic) bond motifs is 1. The quantitative estimate of drug-likeness (QED) is 0.607. The van der Waals surface area contributed by atoms with E-state index in [9.17, 15) is 14.7 Å². The molecule has 3 aromatic rings. The smallest absolute Gasteiger partial charge is 0.277 e. The molecule has 35 heavy (non-hydrogen) atoms. The summed E-state index contributed by atoms with van der Waals surface area (Å²) in [5.41, 5.74) is 2.88. The molecule has 8 heteroatoms. The van der Waals surface area contributed by atoms with E-state index in [1.54, 1.807) is 30.5 Å². The van der Waals surface area contributed by atoms with E-state index in [1.165, 1.54) is 0 Å². The molecule has 3 heterocycles. The Bertz CT molecular complexity index is 1260. The van der Waals surface area contributed by atoms with Crippen molar-refractivity contribution in [2.24, 2.45) is 0 Å². The summed E-state index contributed by atoms with van der Waals surface area (Å²) in [7, 11) is 1.60. The van der Waals surface area contributed by atoms with Crippen LogP contribution >= 0.6 is 0 Å².